The van der Waals surface area contributed by atoms with Gasteiger partial charge in [-0.05, 0) is 31.2 Å². The van der Waals surface area contributed by atoms with Crippen molar-refractivity contribution in [3.63, 3.8) is 0 Å². The Labute approximate surface area is 90.5 Å². The Hall–Kier alpha value is -1.15. The van der Waals surface area contributed by atoms with Gasteiger partial charge < -0.3 is 5.73 Å². The van der Waals surface area contributed by atoms with E-state index in [2.05, 4.69) is 6.07 Å². The van der Waals surface area contributed by atoms with Crippen LogP contribution in [0.2, 0.25) is 0 Å². The molecule has 1 unspecified atom stereocenters. The van der Waals surface area contributed by atoms with Gasteiger partial charge >= 0.3 is 0 Å². The standard InChI is InChI=1S/C13H17NO/c1-9(14)13(15)12-8-3-2-7-11(12)10-5-4-6-10/h2-3,7-10H,4-6,14H2,1H3. The molecule has 0 saturated heterocycles. The summed E-state index contributed by atoms with van der Waals surface area (Å²) < 4.78 is 0. The molecule has 1 aliphatic rings. The van der Waals surface area contributed by atoms with Crippen molar-refractivity contribution < 1.29 is 4.79 Å². The van der Waals surface area contributed by atoms with Gasteiger partial charge in [-0.3, -0.25) is 4.79 Å². The minimum Gasteiger partial charge on any atom is -0.321 e. The van der Waals surface area contributed by atoms with Gasteiger partial charge in [-0.25, -0.2) is 0 Å². The molecule has 2 rings (SSSR count). The van der Waals surface area contributed by atoms with E-state index in [0.717, 1.165) is 5.56 Å². The Morgan fingerprint density at radius 2 is 2.07 bits per heavy atom. The zero-order chi connectivity index (χ0) is 10.8. The van der Waals surface area contributed by atoms with Gasteiger partial charge in [0, 0.05) is 5.56 Å². The van der Waals surface area contributed by atoms with Gasteiger partial charge in [-0.15, -0.1) is 0 Å². The van der Waals surface area contributed by atoms with Crippen molar-refractivity contribution in [1.82, 2.24) is 0 Å². The van der Waals surface area contributed by atoms with Crippen molar-refractivity contribution >= 4 is 5.78 Å². The Kier molecular flexibility index (Phi) is 2.87. The molecule has 0 aromatic heterocycles. The normalized spacial score (nSPS) is 18.3. The van der Waals surface area contributed by atoms with E-state index in [-0.39, 0.29) is 5.78 Å². The fourth-order valence-corrected chi connectivity index (χ4v) is 2.04. The number of Topliss-reactive ketones (excluding diaryl/α,β-unsaturated/α-hetero) is 1. The van der Waals surface area contributed by atoms with Gasteiger partial charge in [-0.1, -0.05) is 30.7 Å². The quantitative estimate of drug-likeness (QED) is 0.767. The molecule has 1 aromatic carbocycles. The van der Waals surface area contributed by atoms with Crippen molar-refractivity contribution in [2.24, 2.45) is 5.73 Å². The summed E-state index contributed by atoms with van der Waals surface area (Å²) in [5, 5.41) is 0. The second-order valence-corrected chi connectivity index (χ2v) is 4.37. The number of benzene rings is 1. The van der Waals surface area contributed by atoms with Crippen molar-refractivity contribution in [2.75, 3.05) is 0 Å². The maximum atomic E-state index is 11.9. The molecule has 1 aliphatic carbocycles. The molecule has 0 amide bonds. The summed E-state index contributed by atoms with van der Waals surface area (Å²) in [6.07, 6.45) is 3.71. The summed E-state index contributed by atoms with van der Waals surface area (Å²) in [5.41, 5.74) is 7.68. The van der Waals surface area contributed by atoms with Crippen LogP contribution in [0.3, 0.4) is 0 Å². The molecule has 1 fully saturated rings. The molecule has 0 bridgehead atoms. The van der Waals surface area contributed by atoms with Gasteiger partial charge in [0.2, 0.25) is 0 Å². The molecule has 1 aromatic rings. The topological polar surface area (TPSA) is 43.1 Å². The molecule has 0 heterocycles. The average Bonchev–Trinajstić information content (AvgIpc) is 2.15. The zero-order valence-electron chi connectivity index (χ0n) is 9.07. The van der Waals surface area contributed by atoms with Gasteiger partial charge in [0.05, 0.1) is 6.04 Å². The van der Waals surface area contributed by atoms with E-state index < -0.39 is 6.04 Å². The van der Waals surface area contributed by atoms with Crippen LogP contribution < -0.4 is 5.73 Å². The van der Waals surface area contributed by atoms with E-state index in [1.807, 2.05) is 18.2 Å². The summed E-state index contributed by atoms with van der Waals surface area (Å²) in [7, 11) is 0. The predicted molar refractivity (Wildman–Crippen MR) is 61.0 cm³/mol. The number of hydrogen-bond donors (Lipinski definition) is 1. The molecule has 0 radical (unpaired) electrons. The van der Waals surface area contributed by atoms with Crippen LogP contribution in [0.1, 0.15) is 48.0 Å². The van der Waals surface area contributed by atoms with Crippen molar-refractivity contribution in [1.29, 1.82) is 0 Å². The molecular weight excluding hydrogens is 186 g/mol. The molecular formula is C13H17NO. The predicted octanol–water partition coefficient (Wildman–Crippen LogP) is 2.48. The summed E-state index contributed by atoms with van der Waals surface area (Å²) >= 11 is 0. The van der Waals surface area contributed by atoms with Crippen LogP contribution in [0.25, 0.3) is 0 Å². The highest BCUT2D eigenvalue weighted by atomic mass is 16.1. The number of carbonyl (C=O) groups excluding carboxylic acids is 1. The van der Waals surface area contributed by atoms with E-state index >= 15 is 0 Å². The highest BCUT2D eigenvalue weighted by Gasteiger charge is 2.24. The lowest BCUT2D eigenvalue weighted by molar-refractivity contribution is 0.0966. The minimum atomic E-state index is -0.397. The Morgan fingerprint density at radius 1 is 1.40 bits per heavy atom. The molecule has 0 spiro atoms. The van der Waals surface area contributed by atoms with Crippen LogP contribution in [0.15, 0.2) is 24.3 Å². The van der Waals surface area contributed by atoms with E-state index in [4.69, 9.17) is 5.73 Å². The SMILES string of the molecule is CC(N)C(=O)c1ccccc1C1CCC1. The molecule has 15 heavy (non-hydrogen) atoms. The van der Waals surface area contributed by atoms with Crippen LogP contribution in [0.4, 0.5) is 0 Å². The fraction of sp³-hybridized carbons (Fsp3) is 0.462. The highest BCUT2D eigenvalue weighted by Crippen LogP contribution is 2.38. The monoisotopic (exact) mass is 203 g/mol. The van der Waals surface area contributed by atoms with Crippen LogP contribution in [-0.4, -0.2) is 11.8 Å². The summed E-state index contributed by atoms with van der Waals surface area (Å²) in [6, 6.07) is 7.49. The third-order valence-corrected chi connectivity index (χ3v) is 3.18. The van der Waals surface area contributed by atoms with Crippen molar-refractivity contribution in [3.8, 4) is 0 Å². The number of hydrogen-bond acceptors (Lipinski definition) is 2. The second-order valence-electron chi connectivity index (χ2n) is 4.37. The Bertz CT molecular complexity index is 367. The summed E-state index contributed by atoms with van der Waals surface area (Å²) in [6.45, 7) is 1.75. The molecule has 0 aliphatic heterocycles. The molecule has 2 heteroatoms. The molecule has 2 nitrogen and oxygen atoms in total. The third kappa shape index (κ3) is 1.95. The number of ketones is 1. The first-order chi connectivity index (χ1) is 7.20. The first-order valence-corrected chi connectivity index (χ1v) is 5.59. The largest absolute Gasteiger partial charge is 0.321 e. The number of carbonyl (C=O) groups is 1. The van der Waals surface area contributed by atoms with Crippen LogP contribution in [0.5, 0.6) is 0 Å². The maximum absolute atomic E-state index is 11.9. The van der Waals surface area contributed by atoms with Gasteiger partial charge in [0.25, 0.3) is 0 Å². The zero-order valence-corrected chi connectivity index (χ0v) is 9.07. The van der Waals surface area contributed by atoms with E-state index in [1.165, 1.54) is 24.8 Å². The van der Waals surface area contributed by atoms with Gasteiger partial charge in [-0.2, -0.15) is 0 Å². The first-order valence-electron chi connectivity index (χ1n) is 5.59. The highest BCUT2D eigenvalue weighted by molar-refractivity contribution is 6.01. The average molecular weight is 203 g/mol. The van der Waals surface area contributed by atoms with E-state index in [1.54, 1.807) is 6.92 Å². The third-order valence-electron chi connectivity index (χ3n) is 3.18. The fourth-order valence-electron chi connectivity index (χ4n) is 2.04. The molecule has 80 valence electrons. The van der Waals surface area contributed by atoms with Gasteiger partial charge in [0.15, 0.2) is 5.78 Å². The van der Waals surface area contributed by atoms with Crippen LogP contribution in [-0.2, 0) is 0 Å². The lowest BCUT2D eigenvalue weighted by atomic mass is 9.77. The first kappa shape index (κ1) is 10.4. The molecule has 2 N–H and O–H groups in total. The van der Waals surface area contributed by atoms with Crippen molar-refractivity contribution in [3.05, 3.63) is 35.4 Å². The number of nitrogens with two attached hydrogens (primary N) is 1. The smallest absolute Gasteiger partial charge is 0.179 e. The molecule has 1 atom stereocenters. The molecule has 1 saturated carbocycles. The maximum Gasteiger partial charge on any atom is 0.179 e. The van der Waals surface area contributed by atoms with Crippen LogP contribution in [0, 0.1) is 0 Å². The van der Waals surface area contributed by atoms with Crippen LogP contribution >= 0.6 is 0 Å². The number of rotatable bonds is 3. The Morgan fingerprint density at radius 3 is 2.60 bits per heavy atom. The van der Waals surface area contributed by atoms with Gasteiger partial charge in [0.1, 0.15) is 0 Å². The lowest BCUT2D eigenvalue weighted by Gasteiger charge is -2.27. The lowest BCUT2D eigenvalue weighted by Crippen LogP contribution is -2.28. The Balaban J connectivity index is 2.33. The van der Waals surface area contributed by atoms with E-state index in [0.29, 0.717) is 5.92 Å². The summed E-state index contributed by atoms with van der Waals surface area (Å²) in [4.78, 5) is 11.9. The minimum absolute atomic E-state index is 0.0671. The van der Waals surface area contributed by atoms with E-state index in [9.17, 15) is 4.79 Å². The second kappa shape index (κ2) is 4.15. The van der Waals surface area contributed by atoms with Crippen molar-refractivity contribution in [2.45, 2.75) is 38.1 Å². The summed E-state index contributed by atoms with van der Waals surface area (Å²) in [5.74, 6) is 0.654.